The number of para-hydroxylation sites is 2. The van der Waals surface area contributed by atoms with Crippen molar-refractivity contribution in [3.63, 3.8) is 0 Å². The highest BCUT2D eigenvalue weighted by molar-refractivity contribution is 5.93. The van der Waals surface area contributed by atoms with Gasteiger partial charge < -0.3 is 48.4 Å². The fourth-order valence-corrected chi connectivity index (χ4v) is 6.89. The van der Waals surface area contributed by atoms with Crippen LogP contribution in [0.3, 0.4) is 0 Å². The van der Waals surface area contributed by atoms with Crippen LogP contribution in [0.5, 0.6) is 11.5 Å². The third-order valence-electron chi connectivity index (χ3n) is 9.93. The van der Waals surface area contributed by atoms with E-state index in [0.29, 0.717) is 49.4 Å². The highest BCUT2D eigenvalue weighted by Gasteiger charge is 2.36. The van der Waals surface area contributed by atoms with Crippen molar-refractivity contribution in [1.29, 1.82) is 0 Å². The standard InChI is InChI=1S/C25H29N5O5.C21H22N4O3.2ClH/c1-25(2,3)35-24(32)29-12-13-30(19(15-29)16-33-20-10-7-11-26-14-20)22(31)21-17-34-23(28-21)27-18-8-5-4-6-9-18;26-20(19-15-28-21(24-19)23-16-7-2-1-3-8-16)25-12-5-4-9-17(25)14-27-18-10-6-11-22-13-18;;/h4-11,14,17,19H,12-13,15-16H2,1-3H3,(H,27,28);1-3,6-8,10-11,13,15,17H,4-5,9,12,14H2,(H,23,24);2*1H. The molecule has 2 unspecified atom stereocenters. The number of piperazine rings is 1. The third kappa shape index (κ3) is 14.3. The van der Waals surface area contributed by atoms with E-state index in [1.54, 1.807) is 46.7 Å². The number of hydrogen-bond acceptors (Lipinski definition) is 14. The molecule has 19 heteroatoms. The van der Waals surface area contributed by atoms with Crippen molar-refractivity contribution in [2.24, 2.45) is 0 Å². The Morgan fingerprint density at radius 1 is 0.662 bits per heavy atom. The Morgan fingerprint density at radius 2 is 1.17 bits per heavy atom. The molecule has 65 heavy (non-hydrogen) atoms. The zero-order chi connectivity index (χ0) is 44.0. The van der Waals surface area contributed by atoms with Gasteiger partial charge >= 0.3 is 6.09 Å². The number of benzene rings is 2. The maximum absolute atomic E-state index is 13.4. The molecule has 2 aromatic carbocycles. The predicted octanol–water partition coefficient (Wildman–Crippen LogP) is 8.68. The van der Waals surface area contributed by atoms with Crippen LogP contribution < -0.4 is 20.1 Å². The Balaban J connectivity index is 0.000000242. The molecule has 2 atom stereocenters. The molecule has 2 aliphatic rings. The van der Waals surface area contributed by atoms with E-state index < -0.39 is 17.7 Å². The summed E-state index contributed by atoms with van der Waals surface area (Å²) in [5.74, 6) is 0.837. The normalized spacial score (nSPS) is 15.8. The Kier molecular flexibility index (Phi) is 17.9. The second-order valence-electron chi connectivity index (χ2n) is 15.8. The summed E-state index contributed by atoms with van der Waals surface area (Å²) in [5.41, 5.74) is 1.49. The first-order valence-electron chi connectivity index (χ1n) is 20.8. The number of rotatable bonds is 12. The largest absolute Gasteiger partial charge is 0.490 e. The van der Waals surface area contributed by atoms with Crippen molar-refractivity contribution < 1.29 is 37.4 Å². The van der Waals surface area contributed by atoms with Gasteiger partial charge in [0.25, 0.3) is 23.8 Å². The number of oxazole rings is 2. The highest BCUT2D eigenvalue weighted by atomic mass is 35.5. The number of hydrogen-bond donors (Lipinski definition) is 2. The number of likely N-dealkylation sites (tertiary alicyclic amines) is 1. The maximum Gasteiger partial charge on any atom is 0.410 e. The first-order chi connectivity index (χ1) is 30.6. The molecule has 0 spiro atoms. The molecule has 3 amide bonds. The lowest BCUT2D eigenvalue weighted by atomic mass is 10.0. The van der Waals surface area contributed by atoms with Gasteiger partial charge in [0.2, 0.25) is 0 Å². The molecule has 344 valence electrons. The van der Waals surface area contributed by atoms with Crippen LogP contribution in [0.1, 0.15) is 61.0 Å². The van der Waals surface area contributed by atoms with E-state index >= 15 is 0 Å². The van der Waals surface area contributed by atoms with Crippen molar-refractivity contribution in [1.82, 2.24) is 34.6 Å². The molecule has 17 nitrogen and oxygen atoms in total. The van der Waals surface area contributed by atoms with Crippen molar-refractivity contribution >= 4 is 66.1 Å². The van der Waals surface area contributed by atoms with Crippen molar-refractivity contribution in [3.05, 3.63) is 134 Å². The lowest BCUT2D eigenvalue weighted by Gasteiger charge is -2.41. The Labute approximate surface area is 389 Å². The molecule has 2 saturated heterocycles. The maximum atomic E-state index is 13.4. The molecule has 4 aromatic heterocycles. The highest BCUT2D eigenvalue weighted by Crippen LogP contribution is 2.24. The van der Waals surface area contributed by atoms with Gasteiger partial charge in [-0.2, -0.15) is 9.97 Å². The lowest BCUT2D eigenvalue weighted by molar-refractivity contribution is -0.00109. The van der Waals surface area contributed by atoms with Gasteiger partial charge in [-0.15, -0.1) is 24.8 Å². The SMILES string of the molecule is CC(C)(C)OC(=O)N1CCN(C(=O)c2coc(Nc3ccccc3)n2)C(COc2cccnc2)C1.Cl.Cl.O=C(c1coc(Nc2ccccc2)n1)N1CCCCC1COc1cccnc1. The first kappa shape index (κ1) is 49.2. The number of nitrogens with zero attached hydrogens (tertiary/aromatic N) is 7. The number of anilines is 4. The van der Waals surface area contributed by atoms with Gasteiger partial charge in [-0.05, 0) is 88.6 Å². The minimum Gasteiger partial charge on any atom is -0.490 e. The predicted molar refractivity (Wildman–Crippen MR) is 248 cm³/mol. The number of aromatic nitrogens is 4. The summed E-state index contributed by atoms with van der Waals surface area (Å²) in [6.45, 7) is 7.64. The molecule has 0 aliphatic carbocycles. The fraction of sp³-hybridized carbons (Fsp3) is 0.326. The summed E-state index contributed by atoms with van der Waals surface area (Å²) in [5, 5.41) is 6.09. The molecular weight excluding hydrogens is 877 g/mol. The second-order valence-corrected chi connectivity index (χ2v) is 15.8. The summed E-state index contributed by atoms with van der Waals surface area (Å²) in [4.78, 5) is 60.8. The summed E-state index contributed by atoms with van der Waals surface area (Å²) in [6, 6.07) is 26.3. The van der Waals surface area contributed by atoms with Gasteiger partial charge in [-0.1, -0.05) is 36.4 Å². The van der Waals surface area contributed by atoms with Gasteiger partial charge in [-0.25, -0.2) is 4.79 Å². The van der Waals surface area contributed by atoms with Gasteiger partial charge in [0.1, 0.15) is 42.8 Å². The monoisotopic (exact) mass is 929 g/mol. The number of amides is 3. The van der Waals surface area contributed by atoms with Crippen LogP contribution in [0.25, 0.3) is 0 Å². The molecule has 0 radical (unpaired) electrons. The van der Waals surface area contributed by atoms with E-state index in [0.717, 1.165) is 30.6 Å². The Morgan fingerprint density at radius 3 is 1.66 bits per heavy atom. The number of halogens is 2. The van der Waals surface area contributed by atoms with Crippen molar-refractivity contribution in [2.45, 2.75) is 57.7 Å². The summed E-state index contributed by atoms with van der Waals surface area (Å²) < 4.78 is 28.1. The van der Waals surface area contributed by atoms with E-state index in [1.807, 2.05) is 98.5 Å². The van der Waals surface area contributed by atoms with E-state index in [2.05, 4.69) is 30.6 Å². The van der Waals surface area contributed by atoms with E-state index in [1.165, 1.54) is 12.5 Å². The average Bonchev–Trinajstić information content (AvgIpc) is 3.98. The molecule has 2 aliphatic heterocycles. The fourth-order valence-electron chi connectivity index (χ4n) is 6.89. The molecule has 8 rings (SSSR count). The average molecular weight is 931 g/mol. The number of piperidine rings is 1. The van der Waals surface area contributed by atoms with Crippen molar-refractivity contribution in [3.8, 4) is 11.5 Å². The first-order valence-corrected chi connectivity index (χ1v) is 20.8. The molecule has 2 fully saturated rings. The van der Waals surface area contributed by atoms with Crippen LogP contribution in [-0.2, 0) is 4.74 Å². The van der Waals surface area contributed by atoms with Gasteiger partial charge in [-0.3, -0.25) is 19.6 Å². The second kappa shape index (κ2) is 23.7. The minimum absolute atomic E-state index is 0. The molecule has 6 aromatic rings. The third-order valence-corrected chi connectivity index (χ3v) is 9.93. The zero-order valence-corrected chi connectivity index (χ0v) is 37.9. The number of nitrogens with one attached hydrogen (secondary N) is 2. The van der Waals surface area contributed by atoms with Gasteiger partial charge in [0.05, 0.1) is 24.5 Å². The van der Waals surface area contributed by atoms with E-state index in [4.69, 9.17) is 23.0 Å². The van der Waals surface area contributed by atoms with Crippen molar-refractivity contribution in [2.75, 3.05) is 50.0 Å². The number of carbonyl (C=O) groups excluding carboxylic acids is 3. The van der Waals surface area contributed by atoms with E-state index in [9.17, 15) is 14.4 Å². The Hall–Kier alpha value is -6.85. The van der Waals surface area contributed by atoms with Gasteiger partial charge in [0.15, 0.2) is 11.4 Å². The Bertz CT molecular complexity index is 2370. The molecule has 6 heterocycles. The number of carbonyl (C=O) groups is 3. The molecule has 0 bridgehead atoms. The van der Waals surface area contributed by atoms with Crippen LogP contribution >= 0.6 is 24.8 Å². The minimum atomic E-state index is -0.616. The molecule has 0 saturated carbocycles. The van der Waals surface area contributed by atoms with Crippen LogP contribution in [0.2, 0.25) is 0 Å². The molecular formula is C46H53Cl2N9O8. The summed E-state index contributed by atoms with van der Waals surface area (Å²) in [6.07, 6.45) is 11.9. The van der Waals surface area contributed by atoms with Crippen LogP contribution in [0.15, 0.2) is 131 Å². The zero-order valence-electron chi connectivity index (χ0n) is 36.3. The summed E-state index contributed by atoms with van der Waals surface area (Å²) in [7, 11) is 0. The topological polar surface area (TPSA) is 191 Å². The van der Waals surface area contributed by atoms with Gasteiger partial charge in [0, 0.05) is 49.9 Å². The number of pyridine rings is 2. The van der Waals surface area contributed by atoms with E-state index in [-0.39, 0.29) is 67.5 Å². The molecule has 2 N–H and O–H groups in total. The summed E-state index contributed by atoms with van der Waals surface area (Å²) >= 11 is 0. The van der Waals surface area contributed by atoms with Crippen LogP contribution in [0, 0.1) is 0 Å². The quantitative estimate of drug-likeness (QED) is 0.119. The van der Waals surface area contributed by atoms with Crippen LogP contribution in [0.4, 0.5) is 28.2 Å². The smallest absolute Gasteiger partial charge is 0.410 e. The van der Waals surface area contributed by atoms with Crippen LogP contribution in [-0.4, -0.2) is 110 Å². The number of ether oxygens (including phenoxy) is 3. The lowest BCUT2D eigenvalue weighted by Crippen LogP contribution is -2.59.